The molecule has 2 N–H and O–H groups in total. The van der Waals surface area contributed by atoms with Crippen molar-refractivity contribution in [1.29, 1.82) is 0 Å². The molecule has 0 aliphatic rings. The van der Waals surface area contributed by atoms with E-state index >= 15 is 0 Å². The molecule has 0 amide bonds. The second-order valence-corrected chi connectivity index (χ2v) is 6.68. The van der Waals surface area contributed by atoms with Crippen molar-refractivity contribution in [1.82, 2.24) is 4.72 Å². The van der Waals surface area contributed by atoms with E-state index in [9.17, 15) is 8.42 Å². The van der Waals surface area contributed by atoms with Crippen molar-refractivity contribution in [2.75, 3.05) is 33.5 Å². The van der Waals surface area contributed by atoms with Gasteiger partial charge in [0.2, 0.25) is 10.0 Å². The van der Waals surface area contributed by atoms with Crippen molar-refractivity contribution in [2.45, 2.75) is 4.90 Å². The van der Waals surface area contributed by atoms with Crippen LogP contribution >= 0.6 is 27.5 Å². The van der Waals surface area contributed by atoms with Crippen molar-refractivity contribution in [3.63, 3.8) is 0 Å². The Balaban J connectivity index is 2.87. The second-order valence-electron chi connectivity index (χ2n) is 3.65. The molecule has 0 bridgehead atoms. The summed E-state index contributed by atoms with van der Waals surface area (Å²) in [5.41, 5.74) is 0. The summed E-state index contributed by atoms with van der Waals surface area (Å²) in [5.74, 6) is 0.179. The van der Waals surface area contributed by atoms with E-state index in [-0.39, 0.29) is 42.0 Å². The molecule has 114 valence electrons. The van der Waals surface area contributed by atoms with Gasteiger partial charge in [-0.1, -0.05) is 11.6 Å². The highest BCUT2D eigenvalue weighted by atomic mass is 79.9. The average molecular weight is 389 g/mol. The Morgan fingerprint density at radius 1 is 1.40 bits per heavy atom. The van der Waals surface area contributed by atoms with Crippen LogP contribution in [0.2, 0.25) is 5.02 Å². The van der Waals surface area contributed by atoms with E-state index in [1.54, 1.807) is 6.07 Å². The third-order valence-corrected chi connectivity index (χ3v) is 4.52. The minimum absolute atomic E-state index is 0.0541. The standard InChI is InChI=1S/C11H15BrClNO5S/c1-18-11-9(12)6-8(13)7-10(11)20(16,17)14-2-4-19-5-3-15/h6-7,14-15H,2-5H2,1H3. The number of nitrogens with one attached hydrogen (secondary N) is 1. The van der Waals surface area contributed by atoms with Gasteiger partial charge in [-0.25, -0.2) is 13.1 Å². The summed E-state index contributed by atoms with van der Waals surface area (Å²) in [6.45, 7) is 0.287. The van der Waals surface area contributed by atoms with Gasteiger partial charge >= 0.3 is 0 Å². The lowest BCUT2D eigenvalue weighted by atomic mass is 10.3. The van der Waals surface area contributed by atoms with Crippen LogP contribution in [0.5, 0.6) is 5.75 Å². The Kier molecular flexibility index (Phi) is 7.21. The van der Waals surface area contributed by atoms with Gasteiger partial charge in [-0.05, 0) is 28.1 Å². The molecule has 9 heteroatoms. The predicted molar refractivity (Wildman–Crippen MR) is 78.8 cm³/mol. The van der Waals surface area contributed by atoms with Crippen LogP contribution in [0.4, 0.5) is 0 Å². The number of aliphatic hydroxyl groups excluding tert-OH is 1. The Morgan fingerprint density at radius 3 is 2.70 bits per heavy atom. The maximum Gasteiger partial charge on any atom is 0.244 e. The maximum atomic E-state index is 12.2. The largest absolute Gasteiger partial charge is 0.494 e. The molecule has 1 aromatic rings. The number of ether oxygens (including phenoxy) is 2. The van der Waals surface area contributed by atoms with Crippen molar-refractivity contribution >= 4 is 37.6 Å². The van der Waals surface area contributed by atoms with Crippen molar-refractivity contribution in [3.05, 3.63) is 21.6 Å². The summed E-state index contributed by atoms with van der Waals surface area (Å²) in [5, 5.41) is 8.81. The van der Waals surface area contributed by atoms with E-state index in [4.69, 9.17) is 26.2 Å². The molecule has 0 unspecified atom stereocenters. The number of methoxy groups -OCH3 is 1. The first-order valence-electron chi connectivity index (χ1n) is 5.63. The second kappa shape index (κ2) is 8.16. The Hall–Kier alpha value is -0.380. The summed E-state index contributed by atoms with van der Waals surface area (Å²) in [6.07, 6.45) is 0. The Labute approximate surface area is 131 Å². The minimum Gasteiger partial charge on any atom is -0.494 e. The lowest BCUT2D eigenvalue weighted by Gasteiger charge is -2.12. The zero-order chi connectivity index (χ0) is 15.2. The number of benzene rings is 1. The number of rotatable bonds is 8. The van der Waals surface area contributed by atoms with Crippen LogP contribution < -0.4 is 9.46 Å². The maximum absolute atomic E-state index is 12.2. The van der Waals surface area contributed by atoms with Gasteiger partial charge in [-0.2, -0.15) is 0 Å². The molecular weight excluding hydrogens is 374 g/mol. The van der Waals surface area contributed by atoms with E-state index in [0.717, 1.165) is 0 Å². The normalized spacial score (nSPS) is 11.6. The zero-order valence-corrected chi connectivity index (χ0v) is 13.9. The van der Waals surface area contributed by atoms with Gasteiger partial charge in [0.05, 0.1) is 31.4 Å². The molecule has 0 radical (unpaired) electrons. The molecular formula is C11H15BrClNO5S. The monoisotopic (exact) mass is 387 g/mol. The van der Waals surface area contributed by atoms with E-state index < -0.39 is 10.0 Å². The lowest BCUT2D eigenvalue weighted by molar-refractivity contribution is 0.0961. The van der Waals surface area contributed by atoms with Crippen LogP contribution in [0.15, 0.2) is 21.5 Å². The van der Waals surface area contributed by atoms with E-state index in [2.05, 4.69) is 20.7 Å². The van der Waals surface area contributed by atoms with E-state index in [0.29, 0.717) is 4.47 Å². The first-order chi connectivity index (χ1) is 9.42. The fourth-order valence-corrected chi connectivity index (χ4v) is 3.82. The molecule has 20 heavy (non-hydrogen) atoms. The highest BCUT2D eigenvalue weighted by Crippen LogP contribution is 2.35. The third kappa shape index (κ3) is 4.87. The van der Waals surface area contributed by atoms with Crippen LogP contribution in [0, 0.1) is 0 Å². The van der Waals surface area contributed by atoms with Crippen molar-refractivity contribution in [3.8, 4) is 5.75 Å². The van der Waals surface area contributed by atoms with Gasteiger partial charge in [-0.3, -0.25) is 0 Å². The van der Waals surface area contributed by atoms with Gasteiger partial charge in [0.15, 0.2) is 5.75 Å². The zero-order valence-electron chi connectivity index (χ0n) is 10.7. The van der Waals surface area contributed by atoms with Gasteiger partial charge in [-0.15, -0.1) is 0 Å². The Bertz CT molecular complexity index is 552. The first kappa shape index (κ1) is 17.7. The number of halogens is 2. The Morgan fingerprint density at radius 2 is 2.10 bits per heavy atom. The summed E-state index contributed by atoms with van der Waals surface area (Å²) in [7, 11) is -2.39. The highest BCUT2D eigenvalue weighted by molar-refractivity contribution is 9.10. The molecule has 0 saturated carbocycles. The van der Waals surface area contributed by atoms with Crippen LogP contribution in [0.1, 0.15) is 0 Å². The molecule has 0 atom stereocenters. The molecule has 0 fully saturated rings. The quantitative estimate of drug-likeness (QED) is 0.658. The third-order valence-electron chi connectivity index (χ3n) is 2.24. The molecule has 0 saturated heterocycles. The molecule has 6 nitrogen and oxygen atoms in total. The van der Waals surface area contributed by atoms with Gasteiger partial charge in [0.25, 0.3) is 0 Å². The molecule has 0 aliphatic heterocycles. The predicted octanol–water partition coefficient (Wildman–Crippen LogP) is 1.40. The van der Waals surface area contributed by atoms with Crippen LogP contribution in [0.25, 0.3) is 0 Å². The smallest absolute Gasteiger partial charge is 0.244 e. The average Bonchev–Trinajstić information content (AvgIpc) is 2.37. The number of hydrogen-bond donors (Lipinski definition) is 2. The molecule has 0 heterocycles. The van der Waals surface area contributed by atoms with E-state index in [1.165, 1.54) is 13.2 Å². The van der Waals surface area contributed by atoms with Crippen molar-refractivity contribution < 1.29 is 23.0 Å². The van der Waals surface area contributed by atoms with Crippen LogP contribution in [-0.4, -0.2) is 47.0 Å². The fourth-order valence-electron chi connectivity index (χ4n) is 1.43. The highest BCUT2D eigenvalue weighted by Gasteiger charge is 2.22. The summed E-state index contributed by atoms with van der Waals surface area (Å²) in [4.78, 5) is -0.0541. The lowest BCUT2D eigenvalue weighted by Crippen LogP contribution is -2.28. The molecule has 0 aliphatic carbocycles. The fraction of sp³-hybridized carbons (Fsp3) is 0.455. The topological polar surface area (TPSA) is 84.9 Å². The minimum atomic E-state index is -3.77. The first-order valence-corrected chi connectivity index (χ1v) is 8.29. The molecule has 1 rings (SSSR count). The SMILES string of the molecule is COc1c(Br)cc(Cl)cc1S(=O)(=O)NCCOCCO. The number of hydrogen-bond acceptors (Lipinski definition) is 5. The van der Waals surface area contributed by atoms with Crippen molar-refractivity contribution in [2.24, 2.45) is 0 Å². The molecule has 0 aromatic heterocycles. The number of sulfonamides is 1. The van der Waals surface area contributed by atoms with Crippen LogP contribution in [-0.2, 0) is 14.8 Å². The number of aliphatic hydroxyl groups is 1. The van der Waals surface area contributed by atoms with Gasteiger partial charge in [0.1, 0.15) is 4.90 Å². The van der Waals surface area contributed by atoms with Crippen LogP contribution in [0.3, 0.4) is 0 Å². The molecule has 0 spiro atoms. The van der Waals surface area contributed by atoms with Gasteiger partial charge in [0, 0.05) is 11.6 Å². The van der Waals surface area contributed by atoms with E-state index in [1.807, 2.05) is 0 Å². The molecule has 1 aromatic carbocycles. The summed E-state index contributed by atoms with van der Waals surface area (Å²) < 4.78 is 37.2. The summed E-state index contributed by atoms with van der Waals surface area (Å²) in [6, 6.07) is 2.85. The summed E-state index contributed by atoms with van der Waals surface area (Å²) >= 11 is 9.06. The van der Waals surface area contributed by atoms with Gasteiger partial charge < -0.3 is 14.6 Å².